The van der Waals surface area contributed by atoms with Crippen molar-refractivity contribution in [3.8, 4) is 11.3 Å². The van der Waals surface area contributed by atoms with E-state index in [0.717, 1.165) is 5.69 Å². The van der Waals surface area contributed by atoms with Crippen molar-refractivity contribution in [3.63, 3.8) is 0 Å². The number of H-pyrrole nitrogens is 1. The van der Waals surface area contributed by atoms with E-state index in [1.54, 1.807) is 16.7 Å². The fourth-order valence-corrected chi connectivity index (χ4v) is 3.09. The monoisotopic (exact) mass is 360 g/mol. The Hall–Kier alpha value is -2.40. The lowest BCUT2D eigenvalue weighted by Crippen LogP contribution is -2.09. The zero-order valence-corrected chi connectivity index (χ0v) is 14.7. The topological polar surface area (TPSA) is 54.3 Å². The van der Waals surface area contributed by atoms with E-state index in [2.05, 4.69) is 4.98 Å². The van der Waals surface area contributed by atoms with E-state index in [1.165, 1.54) is 24.3 Å². The number of ketones is 1. The minimum Gasteiger partial charge on any atom is -0.339 e. The highest BCUT2D eigenvalue weighted by Crippen LogP contribution is 2.28. The van der Waals surface area contributed by atoms with E-state index < -0.39 is 5.82 Å². The Morgan fingerprint density at radius 2 is 2.04 bits per heavy atom. The highest BCUT2D eigenvalue weighted by Gasteiger charge is 2.17. The van der Waals surface area contributed by atoms with Crippen LogP contribution in [0.15, 0.2) is 41.3 Å². The molecule has 4 nitrogen and oxygen atoms in total. The van der Waals surface area contributed by atoms with E-state index in [1.807, 2.05) is 13.8 Å². The van der Waals surface area contributed by atoms with Crippen molar-refractivity contribution >= 4 is 23.0 Å². The molecule has 25 heavy (non-hydrogen) atoms. The highest BCUT2D eigenvalue weighted by atomic mass is 35.5. The van der Waals surface area contributed by atoms with E-state index in [0.29, 0.717) is 23.3 Å². The van der Waals surface area contributed by atoms with Crippen LogP contribution in [0.5, 0.6) is 0 Å². The maximum atomic E-state index is 13.5. The number of nitrogens with one attached hydrogen (secondary N) is 1. The predicted molar refractivity (Wildman–Crippen MR) is 96.6 cm³/mol. The Morgan fingerprint density at radius 3 is 2.72 bits per heavy atom. The molecule has 3 aromatic rings. The average Bonchev–Trinajstić information content (AvgIpc) is 2.87. The lowest BCUT2D eigenvalue weighted by Gasteiger charge is -2.08. The zero-order valence-electron chi connectivity index (χ0n) is 14.0. The molecule has 2 heterocycles. The highest BCUT2D eigenvalue weighted by molar-refractivity contribution is 6.31. The summed E-state index contributed by atoms with van der Waals surface area (Å²) >= 11 is 5.90. The second kappa shape index (κ2) is 6.84. The van der Waals surface area contributed by atoms with Crippen LogP contribution in [0.1, 0.15) is 26.0 Å². The van der Waals surface area contributed by atoms with E-state index in [9.17, 15) is 14.0 Å². The Labute approximate surface area is 149 Å². The van der Waals surface area contributed by atoms with E-state index in [-0.39, 0.29) is 28.6 Å². The summed E-state index contributed by atoms with van der Waals surface area (Å²) in [4.78, 5) is 27.2. The molecule has 0 radical (unpaired) electrons. The third-order valence-electron chi connectivity index (χ3n) is 3.97. The summed E-state index contributed by atoms with van der Waals surface area (Å²) in [6.45, 7) is 3.98. The molecule has 0 fully saturated rings. The Kier molecular flexibility index (Phi) is 4.77. The SMILES string of the molecule is CC(C)CC(=O)Cc1c(-c2ccc(F)c(Cl)c2)[nH]c2cc(=O)ccn12. The first-order valence-corrected chi connectivity index (χ1v) is 8.43. The summed E-state index contributed by atoms with van der Waals surface area (Å²) in [5, 5.41) is 0.00475. The maximum Gasteiger partial charge on any atom is 0.183 e. The summed E-state index contributed by atoms with van der Waals surface area (Å²) in [7, 11) is 0. The van der Waals surface area contributed by atoms with Gasteiger partial charge in [-0.25, -0.2) is 4.39 Å². The number of fused-ring (bicyclic) bond motifs is 1. The first-order valence-electron chi connectivity index (χ1n) is 8.05. The molecule has 0 aliphatic heterocycles. The minimum absolute atomic E-state index is 0.00475. The first kappa shape index (κ1) is 17.4. The minimum atomic E-state index is -0.506. The summed E-state index contributed by atoms with van der Waals surface area (Å²) in [5.41, 5.74) is 2.49. The molecule has 3 rings (SSSR count). The number of halogens is 2. The largest absolute Gasteiger partial charge is 0.339 e. The molecule has 6 heteroatoms. The van der Waals surface area contributed by atoms with Crippen molar-refractivity contribution in [2.24, 2.45) is 5.92 Å². The van der Waals surface area contributed by atoms with Gasteiger partial charge in [0.15, 0.2) is 5.43 Å². The number of hydrogen-bond acceptors (Lipinski definition) is 2. The van der Waals surface area contributed by atoms with Gasteiger partial charge in [0.05, 0.1) is 16.4 Å². The number of benzene rings is 1. The molecule has 0 amide bonds. The number of imidazole rings is 1. The van der Waals surface area contributed by atoms with Crippen LogP contribution in [-0.4, -0.2) is 15.2 Å². The van der Waals surface area contributed by atoms with Crippen LogP contribution in [0.4, 0.5) is 4.39 Å². The summed E-state index contributed by atoms with van der Waals surface area (Å²) in [6.07, 6.45) is 2.32. The van der Waals surface area contributed by atoms with Gasteiger partial charge in [-0.1, -0.05) is 25.4 Å². The fraction of sp³-hybridized carbons (Fsp3) is 0.263. The van der Waals surface area contributed by atoms with Crippen molar-refractivity contribution in [2.75, 3.05) is 0 Å². The van der Waals surface area contributed by atoms with Crippen molar-refractivity contribution < 1.29 is 9.18 Å². The molecule has 0 saturated carbocycles. The van der Waals surface area contributed by atoms with Gasteiger partial charge >= 0.3 is 0 Å². The van der Waals surface area contributed by atoms with Crippen molar-refractivity contribution in [1.82, 2.24) is 9.38 Å². The van der Waals surface area contributed by atoms with Gasteiger partial charge in [-0.15, -0.1) is 0 Å². The van der Waals surface area contributed by atoms with Crippen LogP contribution in [0, 0.1) is 11.7 Å². The summed E-state index contributed by atoms with van der Waals surface area (Å²) in [5.74, 6) is -0.141. The molecular formula is C19H18ClFN2O2. The number of aromatic amines is 1. The molecule has 0 aliphatic rings. The van der Waals surface area contributed by atoms with Gasteiger partial charge in [0.25, 0.3) is 0 Å². The van der Waals surface area contributed by atoms with Crippen LogP contribution in [-0.2, 0) is 11.2 Å². The quantitative estimate of drug-likeness (QED) is 0.739. The molecule has 0 saturated heterocycles. The van der Waals surface area contributed by atoms with Crippen LogP contribution in [0.25, 0.3) is 16.9 Å². The predicted octanol–water partition coefficient (Wildman–Crippen LogP) is 4.24. The number of hydrogen-bond donors (Lipinski definition) is 1. The van der Waals surface area contributed by atoms with E-state index in [4.69, 9.17) is 11.6 Å². The van der Waals surface area contributed by atoms with Gasteiger partial charge in [-0.3, -0.25) is 9.59 Å². The van der Waals surface area contributed by atoms with Crippen LogP contribution in [0.3, 0.4) is 0 Å². The number of pyridine rings is 1. The molecular weight excluding hydrogens is 343 g/mol. The Bertz CT molecular complexity index is 1000. The van der Waals surface area contributed by atoms with Crippen LogP contribution in [0.2, 0.25) is 5.02 Å². The van der Waals surface area contributed by atoms with Crippen LogP contribution < -0.4 is 5.43 Å². The molecule has 0 aliphatic carbocycles. The fourth-order valence-electron chi connectivity index (χ4n) is 2.91. The molecule has 1 N–H and O–H groups in total. The second-order valence-electron chi connectivity index (χ2n) is 6.51. The van der Waals surface area contributed by atoms with Crippen molar-refractivity contribution in [2.45, 2.75) is 26.7 Å². The van der Waals surface area contributed by atoms with Gasteiger partial charge in [0.2, 0.25) is 0 Å². The second-order valence-corrected chi connectivity index (χ2v) is 6.91. The van der Waals surface area contributed by atoms with E-state index >= 15 is 0 Å². The maximum absolute atomic E-state index is 13.5. The number of nitrogens with zero attached hydrogens (tertiary/aromatic N) is 1. The smallest absolute Gasteiger partial charge is 0.183 e. The number of carbonyl (C=O) groups excluding carboxylic acids is 1. The Morgan fingerprint density at radius 1 is 1.28 bits per heavy atom. The average molecular weight is 361 g/mol. The molecule has 2 aromatic heterocycles. The standard InChI is InChI=1S/C19H18ClFN2O2/c1-11(2)7-14(25)9-17-19(12-3-4-16(21)15(20)8-12)22-18-10-13(24)5-6-23(17)18/h3-6,8,10-11,22H,7,9H2,1-2H3. The van der Waals surface area contributed by atoms with Gasteiger partial charge in [0, 0.05) is 36.7 Å². The van der Waals surface area contributed by atoms with Crippen molar-refractivity contribution in [3.05, 3.63) is 63.3 Å². The number of aromatic nitrogens is 2. The van der Waals surface area contributed by atoms with Gasteiger partial charge in [-0.2, -0.15) is 0 Å². The molecule has 0 unspecified atom stereocenters. The molecule has 130 valence electrons. The summed E-state index contributed by atoms with van der Waals surface area (Å²) < 4.78 is 15.3. The number of rotatable bonds is 5. The number of Topliss-reactive ketones (excluding diaryl/α,β-unsaturated/α-hetero) is 1. The van der Waals surface area contributed by atoms with Gasteiger partial charge < -0.3 is 9.38 Å². The zero-order chi connectivity index (χ0) is 18.1. The lowest BCUT2D eigenvalue weighted by molar-refractivity contribution is -0.119. The lowest BCUT2D eigenvalue weighted by atomic mass is 10.0. The van der Waals surface area contributed by atoms with Crippen molar-refractivity contribution in [1.29, 1.82) is 0 Å². The van der Waals surface area contributed by atoms with Crippen LogP contribution >= 0.6 is 11.6 Å². The molecule has 0 bridgehead atoms. The Balaban J connectivity index is 2.15. The molecule has 0 spiro atoms. The van der Waals surface area contributed by atoms with Gasteiger partial charge in [0.1, 0.15) is 17.2 Å². The number of carbonyl (C=O) groups is 1. The third-order valence-corrected chi connectivity index (χ3v) is 4.26. The van der Waals surface area contributed by atoms with Gasteiger partial charge in [-0.05, 0) is 24.1 Å². The molecule has 1 aromatic carbocycles. The summed E-state index contributed by atoms with van der Waals surface area (Å²) in [6, 6.07) is 7.30. The molecule has 0 atom stereocenters. The third kappa shape index (κ3) is 3.66. The first-order chi connectivity index (χ1) is 11.8. The normalized spacial score (nSPS) is 11.4.